The third-order valence-electron chi connectivity index (χ3n) is 4.47. The molecular weight excluding hydrogens is 280 g/mol. The lowest BCUT2D eigenvalue weighted by Crippen LogP contribution is -2.52. The predicted octanol–water partition coefficient (Wildman–Crippen LogP) is 3.06. The first-order valence-electron chi connectivity index (χ1n) is 7.99. The van der Waals surface area contributed by atoms with Gasteiger partial charge in [-0.15, -0.1) is 0 Å². The summed E-state index contributed by atoms with van der Waals surface area (Å²) in [6.07, 6.45) is 2.44. The van der Waals surface area contributed by atoms with E-state index in [9.17, 15) is 4.79 Å². The van der Waals surface area contributed by atoms with Crippen LogP contribution in [0.5, 0.6) is 0 Å². The van der Waals surface area contributed by atoms with Gasteiger partial charge in [-0.2, -0.15) is 0 Å². The summed E-state index contributed by atoms with van der Waals surface area (Å²) in [4.78, 5) is 14.3. The zero-order valence-electron chi connectivity index (χ0n) is 13.4. The molecule has 2 fully saturated rings. The van der Waals surface area contributed by atoms with Crippen LogP contribution in [0, 0.1) is 13.8 Å². The van der Waals surface area contributed by atoms with E-state index in [1.807, 2.05) is 36.9 Å². The van der Waals surface area contributed by atoms with Crippen LogP contribution in [0.3, 0.4) is 0 Å². The molecule has 5 heteroatoms. The van der Waals surface area contributed by atoms with E-state index in [0.29, 0.717) is 13.1 Å². The van der Waals surface area contributed by atoms with E-state index in [1.165, 1.54) is 0 Å². The molecule has 2 saturated heterocycles. The van der Waals surface area contributed by atoms with Crippen molar-refractivity contribution in [1.82, 2.24) is 4.90 Å². The molecule has 2 amide bonds. The number of amides is 2. The van der Waals surface area contributed by atoms with Crippen molar-refractivity contribution in [2.45, 2.75) is 38.9 Å². The molecule has 2 heterocycles. The second-order valence-electron chi connectivity index (χ2n) is 6.20. The molecule has 0 bridgehead atoms. The number of carbonyl (C=O) groups is 1. The van der Waals surface area contributed by atoms with Gasteiger partial charge >= 0.3 is 6.03 Å². The van der Waals surface area contributed by atoms with E-state index in [4.69, 9.17) is 9.47 Å². The summed E-state index contributed by atoms with van der Waals surface area (Å²) in [5, 5.41) is 3.02. The summed E-state index contributed by atoms with van der Waals surface area (Å²) in [5.74, 6) is -0.450. The van der Waals surface area contributed by atoms with Gasteiger partial charge < -0.3 is 19.7 Å². The normalized spacial score (nSPS) is 20.9. The highest BCUT2D eigenvalue weighted by Crippen LogP contribution is 2.31. The first-order valence-corrected chi connectivity index (χ1v) is 7.99. The van der Waals surface area contributed by atoms with Crippen molar-refractivity contribution in [1.29, 1.82) is 0 Å². The molecule has 5 nitrogen and oxygen atoms in total. The number of hydrogen-bond acceptors (Lipinski definition) is 3. The van der Waals surface area contributed by atoms with Crippen molar-refractivity contribution in [3.63, 3.8) is 0 Å². The number of anilines is 1. The van der Waals surface area contributed by atoms with E-state index in [1.54, 1.807) is 0 Å². The molecular formula is C17H24N2O3. The van der Waals surface area contributed by atoms with Crippen LogP contribution in [-0.4, -0.2) is 43.0 Å². The standard InChI is InChI=1S/C17H24N2O3/c1-13-4-5-14(2)15(12-13)18-16(20)19-8-6-17(7-9-19)21-10-3-11-22-17/h4-5,12H,3,6-11H2,1-2H3,(H,18,20). The maximum atomic E-state index is 12.4. The Labute approximate surface area is 131 Å². The SMILES string of the molecule is Cc1ccc(C)c(NC(=O)N2CCC3(CC2)OCCCO3)c1. The van der Waals surface area contributed by atoms with Crippen molar-refractivity contribution in [2.24, 2.45) is 0 Å². The van der Waals surface area contributed by atoms with E-state index in [-0.39, 0.29) is 6.03 Å². The zero-order chi connectivity index (χ0) is 15.6. The van der Waals surface area contributed by atoms with Gasteiger partial charge in [0.1, 0.15) is 0 Å². The molecule has 0 radical (unpaired) electrons. The monoisotopic (exact) mass is 304 g/mol. The summed E-state index contributed by atoms with van der Waals surface area (Å²) < 4.78 is 11.6. The molecule has 1 aromatic rings. The lowest BCUT2D eigenvalue weighted by atomic mass is 10.0. The Hall–Kier alpha value is -1.59. The van der Waals surface area contributed by atoms with Crippen molar-refractivity contribution in [3.05, 3.63) is 29.3 Å². The number of rotatable bonds is 1. The van der Waals surface area contributed by atoms with Gasteiger partial charge in [-0.05, 0) is 37.5 Å². The molecule has 0 unspecified atom stereocenters. The summed E-state index contributed by atoms with van der Waals surface area (Å²) in [6.45, 7) is 6.87. The van der Waals surface area contributed by atoms with E-state index in [2.05, 4.69) is 5.32 Å². The third-order valence-corrected chi connectivity index (χ3v) is 4.47. The summed E-state index contributed by atoms with van der Waals surface area (Å²) in [7, 11) is 0. The minimum Gasteiger partial charge on any atom is -0.350 e. The molecule has 1 aromatic carbocycles. The summed E-state index contributed by atoms with van der Waals surface area (Å²) in [6, 6.07) is 6.04. The lowest BCUT2D eigenvalue weighted by molar-refractivity contribution is -0.281. The number of urea groups is 1. The molecule has 2 aliphatic heterocycles. The fourth-order valence-electron chi connectivity index (χ4n) is 3.02. The Kier molecular flexibility index (Phi) is 4.36. The van der Waals surface area contributed by atoms with Crippen molar-refractivity contribution < 1.29 is 14.3 Å². The van der Waals surface area contributed by atoms with Crippen LogP contribution in [-0.2, 0) is 9.47 Å². The molecule has 0 aromatic heterocycles. The average molecular weight is 304 g/mol. The Morgan fingerprint density at radius 3 is 2.55 bits per heavy atom. The Morgan fingerprint density at radius 2 is 1.86 bits per heavy atom. The maximum Gasteiger partial charge on any atom is 0.321 e. The molecule has 1 spiro atoms. The van der Waals surface area contributed by atoms with Crippen LogP contribution in [0.2, 0.25) is 0 Å². The maximum absolute atomic E-state index is 12.4. The molecule has 0 saturated carbocycles. The van der Waals surface area contributed by atoms with Crippen molar-refractivity contribution in [2.75, 3.05) is 31.6 Å². The molecule has 1 N–H and O–H groups in total. The van der Waals surface area contributed by atoms with Gasteiger partial charge in [0.15, 0.2) is 5.79 Å². The van der Waals surface area contributed by atoms with Crippen LogP contribution in [0.4, 0.5) is 10.5 Å². The van der Waals surface area contributed by atoms with Crippen LogP contribution >= 0.6 is 0 Å². The second-order valence-corrected chi connectivity index (χ2v) is 6.20. The van der Waals surface area contributed by atoms with Gasteiger partial charge in [-0.1, -0.05) is 12.1 Å². The van der Waals surface area contributed by atoms with Crippen molar-refractivity contribution in [3.8, 4) is 0 Å². The Bertz CT molecular complexity index is 543. The number of piperidine rings is 1. The topological polar surface area (TPSA) is 50.8 Å². The second kappa shape index (κ2) is 6.26. The molecule has 2 aliphatic rings. The molecule has 0 atom stereocenters. The predicted molar refractivity (Wildman–Crippen MR) is 85.0 cm³/mol. The molecule has 22 heavy (non-hydrogen) atoms. The summed E-state index contributed by atoms with van der Waals surface area (Å²) in [5.41, 5.74) is 3.10. The quantitative estimate of drug-likeness (QED) is 0.867. The third kappa shape index (κ3) is 3.25. The molecule has 120 valence electrons. The van der Waals surface area contributed by atoms with E-state index in [0.717, 1.165) is 49.3 Å². The number of benzene rings is 1. The number of likely N-dealkylation sites (tertiary alicyclic amines) is 1. The van der Waals surface area contributed by atoms with E-state index >= 15 is 0 Å². The smallest absolute Gasteiger partial charge is 0.321 e. The number of ether oxygens (including phenoxy) is 2. The van der Waals surface area contributed by atoms with Crippen LogP contribution in [0.15, 0.2) is 18.2 Å². The first-order chi connectivity index (χ1) is 10.6. The number of nitrogens with zero attached hydrogens (tertiary/aromatic N) is 1. The van der Waals surface area contributed by atoms with Gasteiger partial charge in [0.25, 0.3) is 0 Å². The van der Waals surface area contributed by atoms with Gasteiger partial charge in [0.2, 0.25) is 0 Å². The van der Waals surface area contributed by atoms with Crippen LogP contribution < -0.4 is 5.32 Å². The van der Waals surface area contributed by atoms with Gasteiger partial charge in [-0.25, -0.2) is 4.79 Å². The highest BCUT2D eigenvalue weighted by Gasteiger charge is 2.39. The number of hydrogen-bond donors (Lipinski definition) is 1. The van der Waals surface area contributed by atoms with Gasteiger partial charge in [-0.3, -0.25) is 0 Å². The Morgan fingerprint density at radius 1 is 1.18 bits per heavy atom. The average Bonchev–Trinajstić information content (AvgIpc) is 2.52. The largest absolute Gasteiger partial charge is 0.350 e. The molecule has 0 aliphatic carbocycles. The van der Waals surface area contributed by atoms with Crippen LogP contribution in [0.1, 0.15) is 30.4 Å². The summed E-state index contributed by atoms with van der Waals surface area (Å²) >= 11 is 0. The van der Waals surface area contributed by atoms with Crippen LogP contribution in [0.25, 0.3) is 0 Å². The fourth-order valence-corrected chi connectivity index (χ4v) is 3.02. The highest BCUT2D eigenvalue weighted by molar-refractivity contribution is 5.90. The number of nitrogens with one attached hydrogen (secondary N) is 1. The molecule has 3 rings (SSSR count). The van der Waals surface area contributed by atoms with Gasteiger partial charge in [0.05, 0.1) is 13.2 Å². The minimum absolute atomic E-state index is 0.0423. The highest BCUT2D eigenvalue weighted by atomic mass is 16.7. The lowest BCUT2D eigenvalue weighted by Gasteiger charge is -2.43. The van der Waals surface area contributed by atoms with E-state index < -0.39 is 5.79 Å². The number of aryl methyl sites for hydroxylation is 2. The zero-order valence-corrected chi connectivity index (χ0v) is 13.4. The number of carbonyl (C=O) groups excluding carboxylic acids is 1. The minimum atomic E-state index is -0.450. The fraction of sp³-hybridized carbons (Fsp3) is 0.588. The van der Waals surface area contributed by atoms with Crippen molar-refractivity contribution >= 4 is 11.7 Å². The van der Waals surface area contributed by atoms with Gasteiger partial charge in [0, 0.05) is 31.6 Å². The Balaban J connectivity index is 1.59. The first kappa shape index (κ1) is 15.3.